The Morgan fingerprint density at radius 3 is 1.22 bits per heavy atom. The van der Waals surface area contributed by atoms with E-state index in [4.69, 9.17) is 28.7 Å². The number of nitrogens with zero attached hydrogens (tertiary/aromatic N) is 1. The van der Waals surface area contributed by atoms with E-state index in [1.807, 2.05) is 5.32 Å². The second kappa shape index (κ2) is 44.7. The lowest BCUT2D eigenvalue weighted by Crippen LogP contribution is -2.62. The van der Waals surface area contributed by atoms with Crippen LogP contribution in [-0.2, 0) is 52.7 Å². The number of carbonyl (C=O) groups is 11. The highest BCUT2D eigenvalue weighted by atomic mass is 16.4. The number of amides is 10. The first-order valence-corrected chi connectivity index (χ1v) is 28.6. The van der Waals surface area contributed by atoms with Crippen molar-refractivity contribution in [2.45, 2.75) is 223 Å². The molecule has 0 bridgehead atoms. The number of nitrogens with one attached hydrogen (secondary N) is 9. The number of aliphatic imine (C=N–C) groups is 1. The van der Waals surface area contributed by atoms with Crippen molar-refractivity contribution in [3.63, 3.8) is 0 Å². The Balaban J connectivity index is 6.26. The summed E-state index contributed by atoms with van der Waals surface area (Å²) < 4.78 is 0. The summed E-state index contributed by atoms with van der Waals surface area (Å²) in [5.74, 6) is -12.1. The average molecular weight is 1190 g/mol. The molecular weight excluding hydrogens is 1090 g/mol. The van der Waals surface area contributed by atoms with Crippen LogP contribution >= 0.6 is 0 Å². The molecule has 476 valence electrons. The maximum Gasteiger partial charge on any atom is 0.326 e. The fraction of sp³-hybridized carbons (Fsp3) is 0.769. The number of carbonyl (C=O) groups excluding carboxylic acids is 10. The molecule has 0 saturated carbocycles. The van der Waals surface area contributed by atoms with Crippen LogP contribution < -0.4 is 76.5 Å². The van der Waals surface area contributed by atoms with Gasteiger partial charge in [0.2, 0.25) is 59.1 Å². The van der Waals surface area contributed by atoms with Crippen LogP contribution in [-0.4, -0.2) is 190 Å². The molecule has 0 rings (SSSR count). The van der Waals surface area contributed by atoms with Crippen molar-refractivity contribution in [3.05, 3.63) is 0 Å². The molecule has 0 aromatic rings. The van der Waals surface area contributed by atoms with E-state index >= 15 is 0 Å². The molecule has 0 heterocycles. The molecule has 0 aromatic carbocycles. The fourth-order valence-corrected chi connectivity index (χ4v) is 8.29. The third-order valence-electron chi connectivity index (χ3n) is 13.1. The first kappa shape index (κ1) is 76.2. The lowest BCUT2D eigenvalue weighted by Gasteiger charge is -2.28. The number of rotatable bonds is 49. The van der Waals surface area contributed by atoms with E-state index in [9.17, 15) is 78.3 Å². The van der Waals surface area contributed by atoms with Gasteiger partial charge in [-0.05, 0) is 65.3 Å². The van der Waals surface area contributed by atoms with Gasteiger partial charge in [0, 0.05) is 32.5 Å². The summed E-state index contributed by atoms with van der Waals surface area (Å²) in [6.45, 7) is 2.47. The number of carboxylic acids is 1. The molecule has 10 atom stereocenters. The molecule has 10 amide bonds. The van der Waals surface area contributed by atoms with Crippen molar-refractivity contribution in [1.29, 1.82) is 0 Å². The lowest BCUT2D eigenvalue weighted by molar-refractivity contribution is -0.143. The zero-order valence-corrected chi connectivity index (χ0v) is 48.4. The maximum absolute atomic E-state index is 14.0. The van der Waals surface area contributed by atoms with E-state index in [0.717, 1.165) is 39.5 Å². The van der Waals surface area contributed by atoms with Gasteiger partial charge in [-0.25, -0.2) is 4.79 Å². The second-order valence-corrected chi connectivity index (χ2v) is 20.4. The minimum absolute atomic E-state index is 0.0261. The summed E-state index contributed by atoms with van der Waals surface area (Å²) in [5.41, 5.74) is 26.9. The molecular formula is C52H97N15O16. The van der Waals surface area contributed by atoms with Gasteiger partial charge in [-0.15, -0.1) is 0 Å². The van der Waals surface area contributed by atoms with Crippen LogP contribution in [0, 0.1) is 0 Å². The predicted molar refractivity (Wildman–Crippen MR) is 304 cm³/mol. The minimum Gasteiger partial charge on any atom is -0.480 e. The fourth-order valence-electron chi connectivity index (χ4n) is 8.29. The Labute approximate surface area is 485 Å². The zero-order chi connectivity index (χ0) is 62.9. The molecule has 0 aliphatic carbocycles. The quantitative estimate of drug-likeness (QED) is 0.0117. The normalized spacial score (nSPS) is 14.7. The Hall–Kier alpha value is -6.80. The monoisotopic (exact) mass is 1190 g/mol. The summed E-state index contributed by atoms with van der Waals surface area (Å²) in [7, 11) is 0. The Morgan fingerprint density at radius 1 is 0.434 bits per heavy atom. The van der Waals surface area contributed by atoms with E-state index in [1.165, 1.54) is 51.4 Å². The molecule has 10 unspecified atom stereocenters. The molecule has 0 fully saturated rings. The molecule has 24 N–H and O–H groups in total. The van der Waals surface area contributed by atoms with Gasteiger partial charge in [0.15, 0.2) is 5.96 Å². The Morgan fingerprint density at radius 2 is 0.795 bits per heavy atom. The first-order valence-electron chi connectivity index (χ1n) is 28.6. The van der Waals surface area contributed by atoms with Gasteiger partial charge in [0.1, 0.15) is 48.3 Å². The van der Waals surface area contributed by atoms with Gasteiger partial charge >= 0.3 is 5.97 Å². The van der Waals surface area contributed by atoms with Gasteiger partial charge in [-0.2, -0.15) is 0 Å². The molecule has 0 aromatic heterocycles. The van der Waals surface area contributed by atoms with Crippen molar-refractivity contribution >= 4 is 71.0 Å². The van der Waals surface area contributed by atoms with Crippen LogP contribution in [0.15, 0.2) is 4.99 Å². The highest BCUT2D eigenvalue weighted by molar-refractivity contribution is 5.98. The van der Waals surface area contributed by atoms with Gasteiger partial charge in [0.25, 0.3) is 0 Å². The molecule has 0 aliphatic heterocycles. The number of hydrogen-bond acceptors (Lipinski definition) is 18. The van der Waals surface area contributed by atoms with E-state index < -0.39 is 164 Å². The second-order valence-electron chi connectivity index (χ2n) is 20.4. The van der Waals surface area contributed by atoms with Gasteiger partial charge in [-0.3, -0.25) is 52.9 Å². The third-order valence-corrected chi connectivity index (χ3v) is 13.1. The van der Waals surface area contributed by atoms with Crippen molar-refractivity contribution < 1.29 is 78.3 Å². The highest BCUT2D eigenvalue weighted by Gasteiger charge is 2.36. The number of aliphatic hydroxyl groups excluding tert-OH is 4. The largest absolute Gasteiger partial charge is 0.480 e. The van der Waals surface area contributed by atoms with Gasteiger partial charge in [-0.1, -0.05) is 84.0 Å². The van der Waals surface area contributed by atoms with Crippen molar-refractivity contribution in [2.75, 3.05) is 33.0 Å². The van der Waals surface area contributed by atoms with E-state index in [2.05, 4.69) is 54.5 Å². The molecule has 0 saturated heterocycles. The smallest absolute Gasteiger partial charge is 0.326 e. The minimum atomic E-state index is -1.93. The average Bonchev–Trinajstić information content (AvgIpc) is 3.46. The predicted octanol–water partition coefficient (Wildman–Crippen LogP) is -4.95. The number of carboxylic acid groups (broad SMARTS) is 1. The number of aliphatic hydroxyl groups is 4. The van der Waals surface area contributed by atoms with Crippen molar-refractivity contribution in [3.8, 4) is 0 Å². The molecule has 0 spiro atoms. The molecule has 0 radical (unpaired) electrons. The first-order chi connectivity index (χ1) is 39.3. The zero-order valence-electron chi connectivity index (χ0n) is 48.4. The summed E-state index contributed by atoms with van der Waals surface area (Å²) in [6, 6.07) is -13.7. The van der Waals surface area contributed by atoms with Crippen molar-refractivity contribution in [1.82, 2.24) is 47.9 Å². The standard InChI is InChI=1S/C52H97N15O16/c1-4-5-6-7-8-9-10-11-12-13-14-15-16-21-41(74)60-33(19-17-26-58-30-53)44(75)61-35(22-24-39(54)72)46(77)66-42(31(2)70)49(80)62-34(20-18-27-59-52(56)57)45(76)64-37(28-68)47(78)65-38(29-69)48(79)67-43(32(3)71)50(81)63-36(51(82)83)23-25-40(55)73/h31-38,42-43,58,68-71H,4-30,53H2,1-3H3,(H2,54,72)(H2,55,73)(H,60,74)(H,61,75)(H,62,80)(H,63,81)(H,64,76)(H,65,78)(H,66,77)(H,67,79)(H,82,83)(H4,56,57,59). The summed E-state index contributed by atoms with van der Waals surface area (Å²) in [5, 5.41) is 72.0. The Kier molecular flexibility index (Phi) is 41.1. The van der Waals surface area contributed by atoms with Gasteiger partial charge in [0.05, 0.1) is 25.4 Å². The number of primary amides is 2. The highest BCUT2D eigenvalue weighted by Crippen LogP contribution is 2.14. The van der Waals surface area contributed by atoms with Gasteiger partial charge < -0.3 is 102 Å². The lowest BCUT2D eigenvalue weighted by atomic mass is 10.0. The van der Waals surface area contributed by atoms with E-state index in [0.29, 0.717) is 19.4 Å². The van der Waals surface area contributed by atoms with Crippen LogP contribution in [0.25, 0.3) is 0 Å². The number of aliphatic carboxylic acids is 1. The molecule has 83 heavy (non-hydrogen) atoms. The van der Waals surface area contributed by atoms with Crippen molar-refractivity contribution in [2.24, 2.45) is 33.7 Å². The topological polar surface area (TPSA) is 540 Å². The SMILES string of the molecule is CCCCCCCCCCCCCCCC(=O)NC(CCCNCN)C(=O)NC(CCC(N)=O)C(=O)NC(C(=O)NC(CCCN=C(N)N)C(=O)NC(CO)C(=O)NC(CO)C(=O)NC(C(=O)NC(CCC(N)=O)C(=O)O)C(C)O)C(C)O. The van der Waals surface area contributed by atoms with Crippen LogP contribution in [0.1, 0.15) is 162 Å². The van der Waals surface area contributed by atoms with Crippen LogP contribution in [0.4, 0.5) is 0 Å². The summed E-state index contributed by atoms with van der Waals surface area (Å²) in [6.07, 6.45) is 9.66. The number of guanidine groups is 1. The summed E-state index contributed by atoms with van der Waals surface area (Å²) >= 11 is 0. The third kappa shape index (κ3) is 35.1. The molecule has 31 heteroatoms. The van der Waals surface area contributed by atoms with E-state index in [1.54, 1.807) is 0 Å². The number of hydrogen-bond donors (Lipinski definition) is 19. The van der Waals surface area contributed by atoms with Crippen LogP contribution in [0.3, 0.4) is 0 Å². The van der Waals surface area contributed by atoms with Crippen LogP contribution in [0.5, 0.6) is 0 Å². The Bertz CT molecular complexity index is 2050. The molecule has 0 aliphatic rings. The van der Waals surface area contributed by atoms with E-state index in [-0.39, 0.29) is 44.9 Å². The molecule has 31 nitrogen and oxygen atoms in total. The number of nitrogens with two attached hydrogens (primary N) is 5. The number of unbranched alkanes of at least 4 members (excludes halogenated alkanes) is 12. The summed E-state index contributed by atoms with van der Waals surface area (Å²) in [4.78, 5) is 147. The maximum atomic E-state index is 14.0. The van der Waals surface area contributed by atoms with Crippen LogP contribution in [0.2, 0.25) is 0 Å².